The number of fused-ring (bicyclic) bond motifs is 2. The molecule has 1 aliphatic carbocycles. The predicted molar refractivity (Wildman–Crippen MR) is 83.5 cm³/mol. The molecule has 21 heavy (non-hydrogen) atoms. The van der Waals surface area contributed by atoms with Crippen molar-refractivity contribution in [2.75, 3.05) is 11.9 Å². The van der Waals surface area contributed by atoms with Gasteiger partial charge in [0.2, 0.25) is 5.91 Å². The molecule has 2 atom stereocenters. The van der Waals surface area contributed by atoms with Crippen molar-refractivity contribution in [2.24, 2.45) is 0 Å². The number of para-hydroxylation sites is 1. The van der Waals surface area contributed by atoms with Crippen LogP contribution in [0, 0.1) is 0 Å². The largest absolute Gasteiger partial charge is 0.373 e. The molecular weight excluding hydrogens is 260 g/mol. The second-order valence-corrected chi connectivity index (χ2v) is 5.90. The van der Waals surface area contributed by atoms with Crippen LogP contribution < -0.4 is 10.6 Å². The normalized spacial score (nSPS) is 21.7. The van der Waals surface area contributed by atoms with Gasteiger partial charge in [-0.25, -0.2) is 0 Å². The molecule has 2 N–H and O–H groups in total. The second kappa shape index (κ2) is 4.92. The highest BCUT2D eigenvalue weighted by atomic mass is 16.2. The number of nitrogens with one attached hydrogen (secondary N) is 2. The topological polar surface area (TPSA) is 41.1 Å². The molecule has 2 aliphatic rings. The Morgan fingerprint density at radius 3 is 2.62 bits per heavy atom. The lowest BCUT2D eigenvalue weighted by molar-refractivity contribution is -0.121. The number of amides is 1. The van der Waals surface area contributed by atoms with Crippen LogP contribution in [0.1, 0.15) is 22.6 Å². The van der Waals surface area contributed by atoms with Crippen molar-refractivity contribution in [1.29, 1.82) is 0 Å². The average molecular weight is 278 g/mol. The maximum absolute atomic E-state index is 12.3. The molecule has 2 aromatic carbocycles. The smallest absolute Gasteiger partial charge is 0.242 e. The van der Waals surface area contributed by atoms with E-state index in [-0.39, 0.29) is 11.9 Å². The van der Waals surface area contributed by atoms with E-state index in [0.717, 1.165) is 25.1 Å². The van der Waals surface area contributed by atoms with Gasteiger partial charge in [-0.2, -0.15) is 0 Å². The molecule has 0 spiro atoms. The molecule has 0 fully saturated rings. The van der Waals surface area contributed by atoms with Gasteiger partial charge in [0.05, 0.1) is 0 Å². The van der Waals surface area contributed by atoms with Crippen LogP contribution in [0.25, 0.3) is 0 Å². The minimum absolute atomic E-state index is 0.107. The van der Waals surface area contributed by atoms with Gasteiger partial charge in [-0.15, -0.1) is 0 Å². The first-order chi connectivity index (χ1) is 10.3. The molecule has 3 nitrogen and oxygen atoms in total. The third-order valence-electron chi connectivity index (χ3n) is 4.57. The number of carbonyl (C=O) groups is 1. The Morgan fingerprint density at radius 1 is 1.05 bits per heavy atom. The van der Waals surface area contributed by atoms with E-state index in [1.165, 1.54) is 16.7 Å². The zero-order valence-corrected chi connectivity index (χ0v) is 11.8. The molecule has 0 bridgehead atoms. The van der Waals surface area contributed by atoms with Crippen LogP contribution in [0.15, 0.2) is 48.5 Å². The molecule has 0 saturated heterocycles. The number of rotatable bonds is 3. The Bertz CT molecular complexity index is 670. The summed E-state index contributed by atoms with van der Waals surface area (Å²) in [5.74, 6) is 0.588. The van der Waals surface area contributed by atoms with Gasteiger partial charge < -0.3 is 10.6 Å². The average Bonchev–Trinajstić information content (AvgIpc) is 2.92. The second-order valence-electron chi connectivity index (χ2n) is 5.90. The molecule has 1 aliphatic heterocycles. The maximum atomic E-state index is 12.3. The highest BCUT2D eigenvalue weighted by molar-refractivity contribution is 5.87. The summed E-state index contributed by atoms with van der Waals surface area (Å²) < 4.78 is 0. The summed E-state index contributed by atoms with van der Waals surface area (Å²) in [6.07, 6.45) is 1.86. The fourth-order valence-corrected chi connectivity index (χ4v) is 3.35. The maximum Gasteiger partial charge on any atom is 0.242 e. The van der Waals surface area contributed by atoms with Crippen LogP contribution in [0.2, 0.25) is 0 Å². The number of carbonyl (C=O) groups excluding carboxylic acids is 1. The monoisotopic (exact) mass is 278 g/mol. The summed E-state index contributed by atoms with van der Waals surface area (Å²) in [6, 6.07) is 16.5. The third kappa shape index (κ3) is 2.19. The van der Waals surface area contributed by atoms with E-state index in [1.807, 2.05) is 18.2 Å². The third-order valence-corrected chi connectivity index (χ3v) is 4.57. The molecule has 1 amide bonds. The Hall–Kier alpha value is -2.29. The van der Waals surface area contributed by atoms with Gasteiger partial charge in [0.15, 0.2) is 0 Å². The molecule has 0 saturated carbocycles. The van der Waals surface area contributed by atoms with Gasteiger partial charge in [0.25, 0.3) is 0 Å². The van der Waals surface area contributed by atoms with Crippen molar-refractivity contribution in [3.8, 4) is 0 Å². The van der Waals surface area contributed by atoms with Crippen LogP contribution in [0.4, 0.5) is 5.69 Å². The Morgan fingerprint density at radius 2 is 1.81 bits per heavy atom. The van der Waals surface area contributed by atoms with Gasteiger partial charge in [0, 0.05) is 24.6 Å². The molecule has 0 aromatic heterocycles. The van der Waals surface area contributed by atoms with E-state index in [9.17, 15) is 4.79 Å². The van der Waals surface area contributed by atoms with Crippen molar-refractivity contribution < 1.29 is 4.79 Å². The summed E-state index contributed by atoms with van der Waals surface area (Å²) in [5, 5.41) is 6.40. The van der Waals surface area contributed by atoms with Crippen LogP contribution >= 0.6 is 0 Å². The molecule has 1 heterocycles. The van der Waals surface area contributed by atoms with Gasteiger partial charge in [-0.05, 0) is 29.2 Å². The van der Waals surface area contributed by atoms with Crippen LogP contribution in [-0.2, 0) is 17.6 Å². The summed E-state index contributed by atoms with van der Waals surface area (Å²) in [4.78, 5) is 12.3. The van der Waals surface area contributed by atoms with Crippen molar-refractivity contribution in [3.05, 3.63) is 65.2 Å². The van der Waals surface area contributed by atoms with E-state index >= 15 is 0 Å². The highest BCUT2D eigenvalue weighted by Crippen LogP contribution is 2.34. The molecular formula is C18H18N2O. The Kier molecular flexibility index (Phi) is 2.92. The SMILES string of the molecule is O=C(NCC1Cc2ccccc21)C1Cc2ccccc2N1. The van der Waals surface area contributed by atoms with E-state index in [2.05, 4.69) is 41.0 Å². The van der Waals surface area contributed by atoms with E-state index in [0.29, 0.717) is 5.92 Å². The van der Waals surface area contributed by atoms with E-state index in [1.54, 1.807) is 0 Å². The van der Waals surface area contributed by atoms with Crippen LogP contribution in [0.5, 0.6) is 0 Å². The Labute approximate surface area is 124 Å². The predicted octanol–water partition coefficient (Wildman–Crippen LogP) is 2.48. The summed E-state index contributed by atoms with van der Waals surface area (Å²) in [5.41, 5.74) is 5.13. The lowest BCUT2D eigenvalue weighted by atomic mass is 9.77. The summed E-state index contributed by atoms with van der Waals surface area (Å²) in [7, 11) is 0. The Balaban J connectivity index is 1.34. The summed E-state index contributed by atoms with van der Waals surface area (Å²) >= 11 is 0. The fourth-order valence-electron chi connectivity index (χ4n) is 3.35. The van der Waals surface area contributed by atoms with Crippen molar-refractivity contribution in [3.63, 3.8) is 0 Å². The molecule has 4 rings (SSSR count). The lowest BCUT2D eigenvalue weighted by Gasteiger charge is -2.30. The molecule has 2 unspecified atom stereocenters. The zero-order chi connectivity index (χ0) is 14.2. The highest BCUT2D eigenvalue weighted by Gasteiger charge is 2.29. The van der Waals surface area contributed by atoms with Crippen molar-refractivity contribution in [2.45, 2.75) is 24.8 Å². The lowest BCUT2D eigenvalue weighted by Crippen LogP contribution is -2.41. The summed E-state index contributed by atoms with van der Waals surface area (Å²) in [6.45, 7) is 0.740. The number of anilines is 1. The van der Waals surface area contributed by atoms with Crippen LogP contribution in [-0.4, -0.2) is 18.5 Å². The van der Waals surface area contributed by atoms with E-state index in [4.69, 9.17) is 0 Å². The van der Waals surface area contributed by atoms with Gasteiger partial charge in [0.1, 0.15) is 6.04 Å². The minimum atomic E-state index is -0.127. The van der Waals surface area contributed by atoms with Gasteiger partial charge in [-0.1, -0.05) is 42.5 Å². The molecule has 106 valence electrons. The molecule has 0 radical (unpaired) electrons. The van der Waals surface area contributed by atoms with Crippen molar-refractivity contribution in [1.82, 2.24) is 5.32 Å². The number of hydrogen-bond donors (Lipinski definition) is 2. The van der Waals surface area contributed by atoms with Gasteiger partial charge in [-0.3, -0.25) is 4.79 Å². The molecule has 3 heteroatoms. The first-order valence-corrected chi connectivity index (χ1v) is 7.51. The van der Waals surface area contributed by atoms with Gasteiger partial charge >= 0.3 is 0 Å². The fraction of sp³-hybridized carbons (Fsp3) is 0.278. The quantitative estimate of drug-likeness (QED) is 0.905. The van der Waals surface area contributed by atoms with E-state index < -0.39 is 0 Å². The van der Waals surface area contributed by atoms with Crippen LogP contribution in [0.3, 0.4) is 0 Å². The standard InChI is InChI=1S/C18H18N2O/c21-18(17-10-13-6-2-4-8-16(13)20-17)19-11-14-9-12-5-1-3-7-15(12)14/h1-8,14,17,20H,9-11H2,(H,19,21). The first kappa shape index (κ1) is 12.5. The number of hydrogen-bond acceptors (Lipinski definition) is 2. The zero-order valence-electron chi connectivity index (χ0n) is 11.8. The number of benzene rings is 2. The molecule has 2 aromatic rings. The minimum Gasteiger partial charge on any atom is -0.373 e. The first-order valence-electron chi connectivity index (χ1n) is 7.51. The van der Waals surface area contributed by atoms with Crippen molar-refractivity contribution >= 4 is 11.6 Å².